The first-order chi connectivity index (χ1) is 15.0. The van der Waals surface area contributed by atoms with Crippen LogP contribution in [0.15, 0.2) is 72.5 Å². The molecule has 2 aromatic rings. The molecule has 8 nitrogen and oxygen atoms in total. The van der Waals surface area contributed by atoms with Crippen LogP contribution in [0.2, 0.25) is 0 Å². The van der Waals surface area contributed by atoms with Crippen molar-refractivity contribution in [1.82, 2.24) is 0 Å². The number of non-ortho nitro benzene ring substituents is 1. The van der Waals surface area contributed by atoms with Crippen molar-refractivity contribution in [3.05, 3.63) is 93.7 Å². The van der Waals surface area contributed by atoms with Gasteiger partial charge in [0.2, 0.25) is 0 Å². The molecule has 160 valence electrons. The zero-order chi connectivity index (χ0) is 22.4. The Bertz CT molecular complexity index is 1020. The summed E-state index contributed by atoms with van der Waals surface area (Å²) < 4.78 is 22.7. The number of hydrogen-bond acceptors (Lipinski definition) is 7. The highest BCUT2D eigenvalue weighted by Gasteiger charge is 2.52. The van der Waals surface area contributed by atoms with Crippen LogP contribution in [0.5, 0.6) is 0 Å². The number of allylic oxidation sites excluding steroid dienone is 1. The summed E-state index contributed by atoms with van der Waals surface area (Å²) in [6.45, 7) is 0. The van der Waals surface area contributed by atoms with Gasteiger partial charge in [0.25, 0.3) is 5.69 Å². The average Bonchev–Trinajstić information content (AvgIpc) is 2.82. The first-order valence-electron chi connectivity index (χ1n) is 9.44. The minimum absolute atomic E-state index is 0.0460. The average molecular weight is 422 g/mol. The van der Waals surface area contributed by atoms with Crippen molar-refractivity contribution in [3.8, 4) is 6.07 Å². The Balaban J connectivity index is 2.28. The lowest BCUT2D eigenvalue weighted by Crippen LogP contribution is -2.49. The summed E-state index contributed by atoms with van der Waals surface area (Å²) in [5.74, 6) is -2.46. The summed E-state index contributed by atoms with van der Waals surface area (Å²) >= 11 is 0. The molecule has 8 heteroatoms. The molecule has 0 unspecified atom stereocenters. The number of rotatable bonds is 7. The molecule has 0 radical (unpaired) electrons. The number of benzene rings is 2. The summed E-state index contributed by atoms with van der Waals surface area (Å²) in [5.41, 5.74) is 1.65. The molecule has 1 aliphatic heterocycles. The molecule has 0 aromatic heterocycles. The van der Waals surface area contributed by atoms with E-state index in [1.807, 2.05) is 30.3 Å². The molecule has 31 heavy (non-hydrogen) atoms. The molecule has 0 spiro atoms. The Morgan fingerprint density at radius 1 is 1.10 bits per heavy atom. The minimum atomic E-state index is -1.56. The van der Waals surface area contributed by atoms with Crippen molar-refractivity contribution >= 4 is 11.4 Å². The van der Waals surface area contributed by atoms with Gasteiger partial charge in [0.05, 0.1) is 35.9 Å². The third-order valence-corrected chi connectivity index (χ3v) is 5.18. The van der Waals surface area contributed by atoms with Crippen LogP contribution in [0.3, 0.4) is 0 Å². The number of nitro groups is 1. The van der Waals surface area contributed by atoms with E-state index < -0.39 is 22.7 Å². The predicted octanol–water partition coefficient (Wildman–Crippen LogP) is 4.37. The monoisotopic (exact) mass is 422 g/mol. The van der Waals surface area contributed by atoms with Crippen molar-refractivity contribution in [2.75, 3.05) is 21.3 Å². The van der Waals surface area contributed by atoms with Crippen LogP contribution in [0.1, 0.15) is 17.0 Å². The fourth-order valence-corrected chi connectivity index (χ4v) is 3.72. The number of methoxy groups -OCH3 is 3. The lowest BCUT2D eigenvalue weighted by Gasteiger charge is -2.44. The second-order valence-corrected chi connectivity index (χ2v) is 6.75. The smallest absolute Gasteiger partial charge is 0.334 e. The van der Waals surface area contributed by atoms with Crippen molar-refractivity contribution in [2.24, 2.45) is 5.92 Å². The topological polar surface area (TPSA) is 104 Å². The largest absolute Gasteiger partial charge is 0.505 e. The van der Waals surface area contributed by atoms with E-state index in [0.717, 1.165) is 0 Å². The van der Waals surface area contributed by atoms with Gasteiger partial charge in [-0.2, -0.15) is 5.26 Å². The molecule has 1 aliphatic rings. The van der Waals surface area contributed by atoms with Crippen molar-refractivity contribution in [1.29, 1.82) is 5.26 Å². The Labute approximate surface area is 180 Å². The van der Waals surface area contributed by atoms with Crippen molar-refractivity contribution < 1.29 is 23.9 Å². The maximum Gasteiger partial charge on any atom is 0.334 e. The van der Waals surface area contributed by atoms with Gasteiger partial charge in [0.1, 0.15) is 5.76 Å². The zero-order valence-corrected chi connectivity index (χ0v) is 17.3. The third kappa shape index (κ3) is 4.14. The first kappa shape index (κ1) is 22.0. The van der Waals surface area contributed by atoms with E-state index in [2.05, 4.69) is 6.07 Å². The van der Waals surface area contributed by atoms with Crippen LogP contribution in [0.25, 0.3) is 5.76 Å². The summed E-state index contributed by atoms with van der Waals surface area (Å²) in [4.78, 5) is 10.6. The SMILES string of the molecule is CO/C=C/[C@H]1[C@@H](c2ccc([N+](=O)[O-])cc2)C(C#N)=C(c2ccccc2)OC1(OC)OC. The predicted molar refractivity (Wildman–Crippen MR) is 112 cm³/mol. The van der Waals surface area contributed by atoms with Gasteiger partial charge in [-0.05, 0) is 11.6 Å². The van der Waals surface area contributed by atoms with Crippen LogP contribution >= 0.6 is 0 Å². The molecule has 0 aliphatic carbocycles. The van der Waals surface area contributed by atoms with E-state index in [-0.39, 0.29) is 5.69 Å². The minimum Gasteiger partial charge on any atom is -0.505 e. The highest BCUT2D eigenvalue weighted by molar-refractivity contribution is 5.70. The number of ether oxygens (including phenoxy) is 4. The number of nitriles is 1. The van der Waals surface area contributed by atoms with E-state index in [4.69, 9.17) is 18.9 Å². The Hall–Kier alpha value is -3.67. The molecular formula is C23H22N2O6. The summed E-state index contributed by atoms with van der Waals surface area (Å²) in [6.07, 6.45) is 3.15. The molecule has 0 amide bonds. The molecule has 3 rings (SSSR count). The van der Waals surface area contributed by atoms with E-state index >= 15 is 0 Å². The van der Waals surface area contributed by atoms with E-state index in [1.165, 1.54) is 39.7 Å². The molecule has 0 fully saturated rings. The quantitative estimate of drug-likeness (QED) is 0.282. The van der Waals surface area contributed by atoms with Gasteiger partial charge in [0.15, 0.2) is 0 Å². The van der Waals surface area contributed by atoms with Crippen LogP contribution < -0.4 is 0 Å². The van der Waals surface area contributed by atoms with Crippen LogP contribution in [0.4, 0.5) is 5.69 Å². The van der Waals surface area contributed by atoms with Crippen LogP contribution in [-0.4, -0.2) is 32.2 Å². The van der Waals surface area contributed by atoms with Gasteiger partial charge in [-0.25, -0.2) is 0 Å². The van der Waals surface area contributed by atoms with Gasteiger partial charge < -0.3 is 18.9 Å². The van der Waals surface area contributed by atoms with Gasteiger partial charge in [-0.15, -0.1) is 0 Å². The van der Waals surface area contributed by atoms with Crippen LogP contribution in [0, 0.1) is 27.4 Å². The normalized spacial score (nSPS) is 20.2. The molecule has 0 saturated heterocycles. The highest BCUT2D eigenvalue weighted by atomic mass is 16.9. The highest BCUT2D eigenvalue weighted by Crippen LogP contribution is 2.50. The second kappa shape index (κ2) is 9.43. The van der Waals surface area contributed by atoms with Gasteiger partial charge in [-0.3, -0.25) is 10.1 Å². The molecule has 0 N–H and O–H groups in total. The van der Waals surface area contributed by atoms with Crippen LogP contribution in [-0.2, 0) is 18.9 Å². The number of hydrogen-bond donors (Lipinski definition) is 0. The van der Waals surface area contributed by atoms with E-state index in [9.17, 15) is 15.4 Å². The summed E-state index contributed by atoms with van der Waals surface area (Å²) in [7, 11) is 4.40. The van der Waals surface area contributed by atoms with Crippen molar-refractivity contribution in [2.45, 2.75) is 11.9 Å². The maximum atomic E-state index is 11.1. The molecular weight excluding hydrogens is 400 g/mol. The molecule has 2 atom stereocenters. The summed E-state index contributed by atoms with van der Waals surface area (Å²) in [6, 6.07) is 17.5. The first-order valence-corrected chi connectivity index (χ1v) is 9.44. The molecule has 1 heterocycles. The fourth-order valence-electron chi connectivity index (χ4n) is 3.72. The Kier molecular flexibility index (Phi) is 6.70. The zero-order valence-electron chi connectivity index (χ0n) is 17.3. The molecule has 0 bridgehead atoms. The Morgan fingerprint density at radius 2 is 1.74 bits per heavy atom. The molecule has 0 saturated carbocycles. The summed E-state index contributed by atoms with van der Waals surface area (Å²) in [5, 5.41) is 21.2. The van der Waals surface area contributed by atoms with E-state index in [0.29, 0.717) is 22.5 Å². The maximum absolute atomic E-state index is 11.1. The van der Waals surface area contributed by atoms with Gasteiger partial charge >= 0.3 is 5.97 Å². The van der Waals surface area contributed by atoms with Crippen molar-refractivity contribution in [3.63, 3.8) is 0 Å². The standard InChI is InChI=1S/C23H22N2O6/c1-28-14-13-20-21(16-9-11-18(12-10-16)25(26)27)19(15-24)22(17-7-5-4-6-8-17)31-23(20,29-2)30-3/h4-14,20-21H,1-3H3/b14-13+/t20-,21-/m0/s1. The van der Waals surface area contributed by atoms with Gasteiger partial charge in [0, 0.05) is 37.8 Å². The Morgan fingerprint density at radius 3 is 2.26 bits per heavy atom. The van der Waals surface area contributed by atoms with E-state index in [1.54, 1.807) is 18.2 Å². The second-order valence-electron chi connectivity index (χ2n) is 6.75. The molecule has 2 aromatic carbocycles. The lowest BCUT2D eigenvalue weighted by atomic mass is 9.76. The number of nitrogens with zero attached hydrogens (tertiary/aromatic N) is 2. The third-order valence-electron chi connectivity index (χ3n) is 5.18. The van der Waals surface area contributed by atoms with Gasteiger partial charge in [-0.1, -0.05) is 42.5 Å². The number of nitro benzene ring substituents is 1. The fraction of sp³-hybridized carbons (Fsp3) is 0.261. The lowest BCUT2D eigenvalue weighted by molar-refractivity contribution is -0.384.